The number of aliphatic hydroxyl groups excluding tert-OH is 1. The van der Waals surface area contributed by atoms with Gasteiger partial charge in [0.05, 0.1) is 6.10 Å². The molecule has 166 valence electrons. The summed E-state index contributed by atoms with van der Waals surface area (Å²) in [7, 11) is 0. The van der Waals surface area contributed by atoms with E-state index in [9.17, 15) is 19.8 Å². The molecule has 5 nitrogen and oxygen atoms in total. The first-order valence-electron chi connectivity index (χ1n) is 11.3. The Morgan fingerprint density at radius 1 is 1.33 bits per heavy atom. The normalized spacial score (nSPS) is 49.7. The van der Waals surface area contributed by atoms with E-state index in [4.69, 9.17) is 0 Å². The number of aliphatic hydroxyl groups is 2. The fourth-order valence-corrected chi connectivity index (χ4v) is 7.40. The number of ketones is 1. The second-order valence-corrected chi connectivity index (χ2v) is 10.4. The van der Waals surface area contributed by atoms with Gasteiger partial charge in [-0.05, 0) is 63.0 Å². The molecule has 4 rings (SSSR count). The van der Waals surface area contributed by atoms with Gasteiger partial charge in [-0.3, -0.25) is 9.59 Å². The molecule has 4 aliphatic rings. The first kappa shape index (κ1) is 21.7. The predicted octanol–water partition coefficient (Wildman–Crippen LogP) is 2.86. The van der Waals surface area contributed by atoms with E-state index in [1.807, 2.05) is 20.8 Å². The summed E-state index contributed by atoms with van der Waals surface area (Å²) in [5, 5.41) is 25.8. The summed E-state index contributed by atoms with van der Waals surface area (Å²) < 4.78 is 17.0. The Morgan fingerprint density at radius 3 is 2.70 bits per heavy atom. The summed E-state index contributed by atoms with van der Waals surface area (Å²) in [5.74, 6) is -1.63. The molecule has 8 atom stereocenters. The van der Waals surface area contributed by atoms with Gasteiger partial charge >= 0.3 is 0 Å². The van der Waals surface area contributed by atoms with Crippen LogP contribution >= 0.6 is 0 Å². The van der Waals surface area contributed by atoms with Crippen molar-refractivity contribution in [2.45, 2.75) is 77.2 Å². The van der Waals surface area contributed by atoms with E-state index < -0.39 is 40.0 Å². The van der Waals surface area contributed by atoms with Crippen molar-refractivity contribution in [2.24, 2.45) is 28.6 Å². The maximum atomic E-state index is 17.0. The summed E-state index contributed by atoms with van der Waals surface area (Å²) in [6, 6.07) is 0. The summed E-state index contributed by atoms with van der Waals surface area (Å²) in [6.45, 7) is 7.90. The molecule has 3 N–H and O–H groups in total. The molecule has 30 heavy (non-hydrogen) atoms. The molecular formula is C24H34FNO4. The van der Waals surface area contributed by atoms with E-state index in [1.165, 1.54) is 12.2 Å². The number of allylic oxidation sites excluding steroid dienone is 4. The van der Waals surface area contributed by atoms with Crippen LogP contribution in [0, 0.1) is 28.6 Å². The van der Waals surface area contributed by atoms with Crippen LogP contribution in [-0.2, 0) is 9.59 Å². The highest BCUT2D eigenvalue weighted by atomic mass is 19.1. The maximum Gasteiger partial charge on any atom is 0.252 e. The minimum Gasteiger partial charge on any atom is -0.390 e. The van der Waals surface area contributed by atoms with Crippen LogP contribution < -0.4 is 5.32 Å². The van der Waals surface area contributed by atoms with Gasteiger partial charge < -0.3 is 15.5 Å². The fourth-order valence-electron chi connectivity index (χ4n) is 7.40. The minimum absolute atomic E-state index is 0.00963. The van der Waals surface area contributed by atoms with Crippen molar-refractivity contribution in [3.8, 4) is 0 Å². The average molecular weight is 420 g/mol. The molecule has 8 unspecified atom stereocenters. The number of rotatable bonds is 3. The predicted molar refractivity (Wildman–Crippen MR) is 111 cm³/mol. The number of hydrogen-bond acceptors (Lipinski definition) is 4. The van der Waals surface area contributed by atoms with E-state index in [0.29, 0.717) is 25.8 Å². The summed E-state index contributed by atoms with van der Waals surface area (Å²) in [4.78, 5) is 25.0. The van der Waals surface area contributed by atoms with E-state index in [-0.39, 0.29) is 24.0 Å². The first-order valence-corrected chi connectivity index (χ1v) is 11.3. The molecule has 0 aromatic carbocycles. The van der Waals surface area contributed by atoms with Crippen LogP contribution in [0.4, 0.5) is 4.39 Å². The molecule has 1 amide bonds. The van der Waals surface area contributed by atoms with Gasteiger partial charge in [0.1, 0.15) is 0 Å². The van der Waals surface area contributed by atoms with Gasteiger partial charge in [0.25, 0.3) is 5.91 Å². The molecular weight excluding hydrogens is 385 g/mol. The van der Waals surface area contributed by atoms with Crippen molar-refractivity contribution in [1.29, 1.82) is 0 Å². The summed E-state index contributed by atoms with van der Waals surface area (Å²) in [5.41, 5.74) is -4.83. The number of fused-ring (bicyclic) bond motifs is 5. The van der Waals surface area contributed by atoms with Crippen LogP contribution in [0.5, 0.6) is 0 Å². The van der Waals surface area contributed by atoms with Crippen molar-refractivity contribution in [3.05, 3.63) is 23.8 Å². The molecule has 0 spiro atoms. The van der Waals surface area contributed by atoms with Crippen LogP contribution in [0.1, 0.15) is 59.8 Å². The summed E-state index contributed by atoms with van der Waals surface area (Å²) >= 11 is 0. The molecule has 4 aliphatic carbocycles. The number of carbonyl (C=O) groups excluding carboxylic acids is 2. The number of carbonyl (C=O) groups is 2. The third-order valence-electron chi connectivity index (χ3n) is 9.10. The van der Waals surface area contributed by atoms with Crippen LogP contribution in [0.3, 0.4) is 0 Å². The Labute approximate surface area is 177 Å². The smallest absolute Gasteiger partial charge is 0.252 e. The van der Waals surface area contributed by atoms with Crippen molar-refractivity contribution in [3.63, 3.8) is 0 Å². The molecule has 0 aliphatic heterocycles. The molecule has 0 aromatic heterocycles. The number of amides is 1. The molecule has 0 aromatic rings. The number of hydrogen-bond donors (Lipinski definition) is 3. The Bertz CT molecular complexity index is 839. The average Bonchev–Trinajstić information content (AvgIpc) is 2.89. The van der Waals surface area contributed by atoms with E-state index >= 15 is 4.39 Å². The number of halogens is 1. The monoisotopic (exact) mass is 419 g/mol. The Balaban J connectivity index is 1.77. The quantitative estimate of drug-likeness (QED) is 0.657. The van der Waals surface area contributed by atoms with Crippen molar-refractivity contribution >= 4 is 11.7 Å². The van der Waals surface area contributed by atoms with Gasteiger partial charge in [-0.15, -0.1) is 0 Å². The highest BCUT2D eigenvalue weighted by Crippen LogP contribution is 2.70. The van der Waals surface area contributed by atoms with Crippen LogP contribution in [0.2, 0.25) is 0 Å². The molecule has 0 heterocycles. The van der Waals surface area contributed by atoms with Gasteiger partial charge in [0.2, 0.25) is 0 Å². The topological polar surface area (TPSA) is 86.6 Å². The zero-order valence-corrected chi connectivity index (χ0v) is 18.4. The van der Waals surface area contributed by atoms with E-state index in [2.05, 4.69) is 5.32 Å². The molecule has 0 radical (unpaired) electrons. The van der Waals surface area contributed by atoms with Crippen LogP contribution in [0.15, 0.2) is 23.8 Å². The third kappa shape index (κ3) is 2.41. The fraction of sp³-hybridized carbons (Fsp3) is 0.750. The molecule has 3 saturated carbocycles. The largest absolute Gasteiger partial charge is 0.390 e. The zero-order chi connectivity index (χ0) is 22.1. The lowest BCUT2D eigenvalue weighted by Crippen LogP contribution is -2.70. The Kier molecular flexibility index (Phi) is 4.87. The lowest BCUT2D eigenvalue weighted by Gasteiger charge is -2.62. The second kappa shape index (κ2) is 6.73. The summed E-state index contributed by atoms with van der Waals surface area (Å²) in [6.07, 6.45) is 5.58. The Hall–Kier alpha value is -1.53. The minimum atomic E-state index is -1.94. The molecule has 0 saturated heterocycles. The highest BCUT2D eigenvalue weighted by molar-refractivity contribution is 6.01. The highest BCUT2D eigenvalue weighted by Gasteiger charge is 2.75. The first-order chi connectivity index (χ1) is 14.0. The van der Waals surface area contributed by atoms with Gasteiger partial charge in [0.15, 0.2) is 17.1 Å². The van der Waals surface area contributed by atoms with Crippen molar-refractivity contribution in [1.82, 2.24) is 5.32 Å². The number of nitrogens with one attached hydrogen (secondary N) is 1. The molecule has 0 bridgehead atoms. The Morgan fingerprint density at radius 2 is 2.03 bits per heavy atom. The lowest BCUT2D eigenvalue weighted by atomic mass is 9.44. The van der Waals surface area contributed by atoms with Crippen molar-refractivity contribution < 1.29 is 24.2 Å². The molecule has 3 fully saturated rings. The van der Waals surface area contributed by atoms with Crippen molar-refractivity contribution in [2.75, 3.05) is 6.54 Å². The van der Waals surface area contributed by atoms with Gasteiger partial charge in [0, 0.05) is 23.3 Å². The zero-order valence-electron chi connectivity index (χ0n) is 18.4. The second-order valence-electron chi connectivity index (χ2n) is 10.4. The maximum absolute atomic E-state index is 17.0. The van der Waals surface area contributed by atoms with Gasteiger partial charge in [-0.2, -0.15) is 0 Å². The van der Waals surface area contributed by atoms with Gasteiger partial charge in [-0.25, -0.2) is 4.39 Å². The van der Waals surface area contributed by atoms with E-state index in [0.717, 1.165) is 12.0 Å². The van der Waals surface area contributed by atoms with E-state index in [1.54, 1.807) is 13.0 Å². The third-order valence-corrected chi connectivity index (χ3v) is 9.10. The number of alkyl halides is 1. The van der Waals surface area contributed by atoms with Crippen LogP contribution in [0.25, 0.3) is 0 Å². The van der Waals surface area contributed by atoms with Crippen LogP contribution in [-0.4, -0.2) is 45.8 Å². The standard InChI is InChI=1S/C24H34FNO4/c1-5-10-26-20(29)24(30)14(2)11-18-17-7-6-15-12-16(27)8-9-21(15,3)23(17,25)19(28)13-22(18,24)4/h8-9,12,14,17-19,28,30H,5-7,10-11,13H2,1-4H3,(H,26,29). The lowest BCUT2D eigenvalue weighted by molar-refractivity contribution is -0.219. The van der Waals surface area contributed by atoms with Gasteiger partial charge in [-0.1, -0.05) is 32.4 Å². The molecule has 6 heteroatoms. The SMILES string of the molecule is CCCNC(=O)C1(O)C(C)CC2C3CCC4=CC(=O)C=CC4(C)C3(F)C(O)CC21C.